The van der Waals surface area contributed by atoms with Crippen LogP contribution in [0.15, 0.2) is 48.5 Å². The van der Waals surface area contributed by atoms with Gasteiger partial charge in [0.1, 0.15) is 5.75 Å². The van der Waals surface area contributed by atoms with Gasteiger partial charge in [0.25, 0.3) is 5.91 Å². The van der Waals surface area contributed by atoms with E-state index >= 15 is 0 Å². The molecule has 6 heteroatoms. The Morgan fingerprint density at radius 2 is 1.79 bits per heavy atom. The van der Waals surface area contributed by atoms with Gasteiger partial charge in [0.2, 0.25) is 0 Å². The molecule has 28 heavy (non-hydrogen) atoms. The van der Waals surface area contributed by atoms with Gasteiger partial charge < -0.3 is 15.0 Å². The number of unbranched alkanes of at least 4 members (excludes halogenated alkanes) is 1. The first kappa shape index (κ1) is 21.7. The average Bonchev–Trinajstić information content (AvgIpc) is 2.70. The van der Waals surface area contributed by atoms with Crippen LogP contribution in [-0.4, -0.2) is 30.7 Å². The minimum Gasteiger partial charge on any atom is -0.494 e. The molecule has 0 unspecified atom stereocenters. The number of ether oxygens (including phenoxy) is 1. The number of hydrogen-bond donors (Lipinski definition) is 2. The number of thiocarbonyl (C=S) groups is 1. The smallest absolute Gasteiger partial charge is 0.257 e. The summed E-state index contributed by atoms with van der Waals surface area (Å²) in [4.78, 5) is 14.7. The van der Waals surface area contributed by atoms with Gasteiger partial charge in [-0.15, -0.1) is 0 Å². The second kappa shape index (κ2) is 11.3. The first-order valence-electron chi connectivity index (χ1n) is 9.77. The van der Waals surface area contributed by atoms with Crippen molar-refractivity contribution in [1.82, 2.24) is 5.32 Å². The summed E-state index contributed by atoms with van der Waals surface area (Å²) in [5.41, 5.74) is 2.50. The molecule has 0 saturated heterocycles. The number of hydrogen-bond acceptors (Lipinski definition) is 4. The molecule has 0 fully saturated rings. The van der Waals surface area contributed by atoms with Gasteiger partial charge in [-0.3, -0.25) is 10.1 Å². The Labute approximate surface area is 173 Å². The molecule has 0 atom stereocenters. The van der Waals surface area contributed by atoms with Crippen molar-refractivity contribution in [2.75, 3.05) is 29.9 Å². The van der Waals surface area contributed by atoms with Crippen molar-refractivity contribution < 1.29 is 9.53 Å². The number of nitrogens with one attached hydrogen (secondary N) is 2. The molecule has 0 aliphatic heterocycles. The van der Waals surface area contributed by atoms with Crippen LogP contribution in [-0.2, 0) is 0 Å². The Morgan fingerprint density at radius 1 is 1.07 bits per heavy atom. The fourth-order valence-electron chi connectivity index (χ4n) is 2.74. The molecule has 1 amide bonds. The normalized spacial score (nSPS) is 10.2. The van der Waals surface area contributed by atoms with E-state index in [1.165, 1.54) is 0 Å². The van der Waals surface area contributed by atoms with Crippen LogP contribution in [0.1, 0.15) is 44.0 Å². The summed E-state index contributed by atoms with van der Waals surface area (Å²) in [6.07, 6.45) is 2.05. The van der Waals surface area contributed by atoms with Crippen molar-refractivity contribution in [2.45, 2.75) is 33.6 Å². The highest BCUT2D eigenvalue weighted by Gasteiger charge is 2.09. The van der Waals surface area contributed by atoms with Crippen LogP contribution >= 0.6 is 12.2 Å². The van der Waals surface area contributed by atoms with E-state index in [2.05, 4.69) is 36.3 Å². The zero-order valence-electron chi connectivity index (χ0n) is 16.8. The molecule has 0 aromatic heterocycles. The summed E-state index contributed by atoms with van der Waals surface area (Å²) >= 11 is 5.28. The molecular formula is C22H29N3O2S. The third kappa shape index (κ3) is 6.53. The summed E-state index contributed by atoms with van der Waals surface area (Å²) in [5, 5.41) is 6.03. The lowest BCUT2D eigenvalue weighted by Gasteiger charge is -2.21. The largest absolute Gasteiger partial charge is 0.494 e. The molecule has 0 radical (unpaired) electrons. The summed E-state index contributed by atoms with van der Waals surface area (Å²) in [7, 11) is 0. The molecule has 0 bridgehead atoms. The number of nitrogens with zero attached hydrogens (tertiary/aromatic N) is 1. The molecule has 150 valence electrons. The van der Waals surface area contributed by atoms with E-state index in [1.807, 2.05) is 30.3 Å². The number of amides is 1. The van der Waals surface area contributed by atoms with E-state index in [0.29, 0.717) is 17.9 Å². The summed E-state index contributed by atoms with van der Waals surface area (Å²) in [6.45, 7) is 8.93. The maximum atomic E-state index is 12.4. The van der Waals surface area contributed by atoms with Gasteiger partial charge in [-0.25, -0.2) is 0 Å². The van der Waals surface area contributed by atoms with Crippen LogP contribution in [0.3, 0.4) is 0 Å². The highest BCUT2D eigenvalue weighted by Crippen LogP contribution is 2.18. The number of carbonyl (C=O) groups is 1. The van der Waals surface area contributed by atoms with Crippen molar-refractivity contribution in [3.05, 3.63) is 54.1 Å². The number of rotatable bonds is 9. The predicted octanol–water partition coefficient (Wildman–Crippen LogP) is 4.84. The Balaban J connectivity index is 1.92. The third-order valence-electron chi connectivity index (χ3n) is 4.34. The maximum Gasteiger partial charge on any atom is 0.257 e. The lowest BCUT2D eigenvalue weighted by molar-refractivity contribution is 0.0977. The van der Waals surface area contributed by atoms with E-state index in [4.69, 9.17) is 17.0 Å². The van der Waals surface area contributed by atoms with Crippen LogP contribution in [0.25, 0.3) is 0 Å². The second-order valence-electron chi connectivity index (χ2n) is 6.36. The van der Waals surface area contributed by atoms with Crippen LogP contribution in [0.2, 0.25) is 0 Å². The molecular weight excluding hydrogens is 370 g/mol. The number of carbonyl (C=O) groups excluding carboxylic acids is 1. The van der Waals surface area contributed by atoms with Gasteiger partial charge in [-0.1, -0.05) is 19.4 Å². The van der Waals surface area contributed by atoms with Crippen LogP contribution < -0.4 is 20.3 Å². The molecule has 2 N–H and O–H groups in total. The fourth-order valence-corrected chi connectivity index (χ4v) is 2.95. The minimum atomic E-state index is -0.266. The first-order valence-corrected chi connectivity index (χ1v) is 10.2. The van der Waals surface area contributed by atoms with E-state index in [1.54, 1.807) is 18.2 Å². The van der Waals surface area contributed by atoms with Crippen LogP contribution in [0.5, 0.6) is 5.75 Å². The van der Waals surface area contributed by atoms with Crippen LogP contribution in [0.4, 0.5) is 11.4 Å². The van der Waals surface area contributed by atoms with Crippen molar-refractivity contribution in [2.24, 2.45) is 0 Å². The van der Waals surface area contributed by atoms with Crippen LogP contribution in [0, 0.1) is 0 Å². The molecule has 2 rings (SSSR count). The molecule has 2 aromatic rings. The van der Waals surface area contributed by atoms with Gasteiger partial charge in [0.05, 0.1) is 6.61 Å². The molecule has 0 aliphatic rings. The maximum absolute atomic E-state index is 12.4. The monoisotopic (exact) mass is 399 g/mol. The Bertz CT molecular complexity index is 774. The van der Waals surface area contributed by atoms with E-state index in [-0.39, 0.29) is 11.0 Å². The quantitative estimate of drug-likeness (QED) is 0.467. The van der Waals surface area contributed by atoms with Gasteiger partial charge in [-0.05, 0) is 75.0 Å². The topological polar surface area (TPSA) is 53.6 Å². The standard InChI is InChI=1S/C22H29N3O2S/c1-4-7-15-27-20-10-8-9-17(16-20)21(26)24-22(28)23-18-11-13-19(14-12-18)25(5-2)6-3/h8-14,16H,4-7,15H2,1-3H3,(H2,23,24,26,28). The van der Waals surface area contributed by atoms with Crippen molar-refractivity contribution in [3.8, 4) is 5.75 Å². The van der Waals surface area contributed by atoms with E-state index in [9.17, 15) is 4.79 Å². The summed E-state index contributed by atoms with van der Waals surface area (Å²) < 4.78 is 5.65. The summed E-state index contributed by atoms with van der Waals surface area (Å²) in [6, 6.07) is 15.1. The van der Waals surface area contributed by atoms with Crippen molar-refractivity contribution >= 4 is 34.6 Å². The lowest BCUT2D eigenvalue weighted by atomic mass is 10.2. The SMILES string of the molecule is CCCCOc1cccc(C(=O)NC(=S)Nc2ccc(N(CC)CC)cc2)c1. The highest BCUT2D eigenvalue weighted by molar-refractivity contribution is 7.80. The average molecular weight is 400 g/mol. The number of benzene rings is 2. The number of anilines is 2. The van der Waals surface area contributed by atoms with Crippen molar-refractivity contribution in [3.63, 3.8) is 0 Å². The molecule has 0 saturated carbocycles. The zero-order valence-corrected chi connectivity index (χ0v) is 17.6. The minimum absolute atomic E-state index is 0.262. The van der Waals surface area contributed by atoms with Gasteiger partial charge in [0, 0.05) is 30.0 Å². The summed E-state index contributed by atoms with van der Waals surface area (Å²) in [5.74, 6) is 0.421. The van der Waals surface area contributed by atoms with E-state index < -0.39 is 0 Å². The fraction of sp³-hybridized carbons (Fsp3) is 0.364. The van der Waals surface area contributed by atoms with Crippen molar-refractivity contribution in [1.29, 1.82) is 0 Å². The van der Waals surface area contributed by atoms with Gasteiger partial charge >= 0.3 is 0 Å². The lowest BCUT2D eigenvalue weighted by Crippen LogP contribution is -2.34. The zero-order chi connectivity index (χ0) is 20.4. The molecule has 5 nitrogen and oxygen atoms in total. The van der Waals surface area contributed by atoms with E-state index in [0.717, 1.165) is 37.3 Å². The Kier molecular flexibility index (Phi) is 8.75. The molecule has 2 aromatic carbocycles. The molecule has 0 spiro atoms. The predicted molar refractivity (Wildman–Crippen MR) is 121 cm³/mol. The Hall–Kier alpha value is -2.60. The first-order chi connectivity index (χ1) is 13.6. The Morgan fingerprint density at radius 3 is 2.43 bits per heavy atom. The molecule has 0 heterocycles. The second-order valence-corrected chi connectivity index (χ2v) is 6.77. The third-order valence-corrected chi connectivity index (χ3v) is 4.55. The molecule has 0 aliphatic carbocycles. The highest BCUT2D eigenvalue weighted by atomic mass is 32.1. The van der Waals surface area contributed by atoms with Gasteiger partial charge in [0.15, 0.2) is 5.11 Å². The van der Waals surface area contributed by atoms with Gasteiger partial charge in [-0.2, -0.15) is 0 Å².